The summed E-state index contributed by atoms with van der Waals surface area (Å²) in [6, 6.07) is 4.66. The molecule has 14 heavy (non-hydrogen) atoms. The summed E-state index contributed by atoms with van der Waals surface area (Å²) in [6.07, 6.45) is -1.37. The van der Waals surface area contributed by atoms with E-state index < -0.39 is 17.8 Å². The van der Waals surface area contributed by atoms with Crippen molar-refractivity contribution in [2.24, 2.45) is 0 Å². The van der Waals surface area contributed by atoms with Gasteiger partial charge in [-0.25, -0.2) is 4.39 Å². The van der Waals surface area contributed by atoms with Gasteiger partial charge in [0.25, 0.3) is 0 Å². The highest BCUT2D eigenvalue weighted by Crippen LogP contribution is 2.04. The minimum Gasteiger partial charge on any atom is -0.367 e. The molecule has 0 aromatic heterocycles. The molecule has 1 aromatic carbocycles. The maximum Gasteiger partial charge on any atom is 0.211 e. The second-order valence-corrected chi connectivity index (χ2v) is 2.56. The number of aliphatic hydroxyl groups is 1. The molecule has 0 aliphatic carbocycles. The van der Waals surface area contributed by atoms with E-state index in [1.54, 1.807) is 0 Å². The van der Waals surface area contributed by atoms with E-state index in [4.69, 9.17) is 5.11 Å². The zero-order valence-electron chi connectivity index (χ0n) is 7.11. The molecule has 1 aromatic rings. The highest BCUT2D eigenvalue weighted by Gasteiger charge is 2.15. The van der Waals surface area contributed by atoms with E-state index >= 15 is 0 Å². The fraction of sp³-hybridized carbons (Fsp3) is 0.111. The number of carbonyl (C=O) groups is 2. The largest absolute Gasteiger partial charge is 0.367 e. The Hall–Kier alpha value is -1.75. The lowest BCUT2D eigenvalue weighted by Gasteiger charge is -2.07. The van der Waals surface area contributed by atoms with E-state index in [0.29, 0.717) is 0 Å². The number of rotatable bonds is 4. The first-order valence-corrected chi connectivity index (χ1v) is 3.82. The first-order chi connectivity index (χ1) is 6.65. The molecule has 0 spiro atoms. The zero-order valence-corrected chi connectivity index (χ0v) is 7.11. The van der Waals surface area contributed by atoms with Gasteiger partial charge in [0.2, 0.25) is 12.2 Å². The molecule has 0 aliphatic heterocycles. The van der Waals surface area contributed by atoms with Crippen LogP contribution in [0.15, 0.2) is 24.3 Å². The summed E-state index contributed by atoms with van der Waals surface area (Å²) < 4.78 is 12.5. The van der Waals surface area contributed by atoms with Crippen LogP contribution in [0.4, 0.5) is 4.39 Å². The van der Waals surface area contributed by atoms with Crippen molar-refractivity contribution < 1.29 is 19.1 Å². The highest BCUT2D eigenvalue weighted by molar-refractivity contribution is 5.99. The molecule has 4 nitrogen and oxygen atoms in total. The Labute approximate surface area is 79.4 Å². The van der Waals surface area contributed by atoms with Gasteiger partial charge in [0.15, 0.2) is 6.23 Å². The fourth-order valence-corrected chi connectivity index (χ4v) is 0.912. The summed E-state index contributed by atoms with van der Waals surface area (Å²) in [5, 5.41) is 10.9. The summed E-state index contributed by atoms with van der Waals surface area (Å²) in [6.45, 7) is 0. The molecule has 1 atom stereocenters. The number of halogens is 1. The van der Waals surface area contributed by atoms with E-state index in [0.717, 1.165) is 12.1 Å². The predicted octanol–water partition coefficient (Wildman–Crippen LogP) is 0.0728. The van der Waals surface area contributed by atoms with Crippen molar-refractivity contribution in [2.75, 3.05) is 0 Å². The third-order valence-electron chi connectivity index (χ3n) is 1.60. The molecule has 74 valence electrons. The average Bonchev–Trinajstić information content (AvgIpc) is 2.18. The molecule has 0 bridgehead atoms. The summed E-state index contributed by atoms with van der Waals surface area (Å²) in [5.74, 6) is -1.16. The Bertz CT molecular complexity index is 336. The SMILES string of the molecule is O=CNC(O)C(=O)c1ccc(F)cc1. The molecule has 5 heteroatoms. The Morgan fingerprint density at radius 2 is 2.00 bits per heavy atom. The molecule has 0 aliphatic rings. The number of aliphatic hydroxyl groups excluding tert-OH is 1. The van der Waals surface area contributed by atoms with Crippen LogP contribution in [-0.4, -0.2) is 23.5 Å². The summed E-state index contributed by atoms with van der Waals surface area (Å²) >= 11 is 0. The molecule has 0 saturated carbocycles. The topological polar surface area (TPSA) is 66.4 Å². The van der Waals surface area contributed by atoms with Gasteiger partial charge in [-0.05, 0) is 24.3 Å². The van der Waals surface area contributed by atoms with E-state index in [1.165, 1.54) is 12.1 Å². The van der Waals surface area contributed by atoms with E-state index in [9.17, 15) is 14.0 Å². The van der Waals surface area contributed by atoms with Crippen LogP contribution < -0.4 is 5.32 Å². The van der Waals surface area contributed by atoms with Gasteiger partial charge in [0, 0.05) is 5.56 Å². The van der Waals surface area contributed by atoms with Crippen molar-refractivity contribution in [3.63, 3.8) is 0 Å². The van der Waals surface area contributed by atoms with Crippen LogP contribution in [0.25, 0.3) is 0 Å². The number of ketones is 1. The molecular formula is C9H8FNO3. The van der Waals surface area contributed by atoms with Crippen molar-refractivity contribution in [3.05, 3.63) is 35.6 Å². The maximum atomic E-state index is 12.5. The highest BCUT2D eigenvalue weighted by atomic mass is 19.1. The van der Waals surface area contributed by atoms with E-state index in [-0.39, 0.29) is 12.0 Å². The van der Waals surface area contributed by atoms with Gasteiger partial charge in [0.1, 0.15) is 5.82 Å². The van der Waals surface area contributed by atoms with Crippen molar-refractivity contribution in [1.29, 1.82) is 0 Å². The number of hydrogen-bond donors (Lipinski definition) is 2. The van der Waals surface area contributed by atoms with Crippen LogP contribution in [0.3, 0.4) is 0 Å². The van der Waals surface area contributed by atoms with Gasteiger partial charge in [-0.1, -0.05) is 0 Å². The number of carbonyl (C=O) groups excluding carboxylic acids is 2. The monoisotopic (exact) mass is 197 g/mol. The van der Waals surface area contributed by atoms with Crippen molar-refractivity contribution in [1.82, 2.24) is 5.32 Å². The molecule has 2 N–H and O–H groups in total. The van der Waals surface area contributed by atoms with E-state index in [1.807, 2.05) is 5.32 Å². The second kappa shape index (κ2) is 4.48. The molecule has 1 rings (SSSR count). The van der Waals surface area contributed by atoms with Gasteiger partial charge in [-0.15, -0.1) is 0 Å². The summed E-state index contributed by atoms with van der Waals surface area (Å²) in [4.78, 5) is 21.2. The Balaban J connectivity index is 2.78. The number of nitrogens with one attached hydrogen (secondary N) is 1. The fourth-order valence-electron chi connectivity index (χ4n) is 0.912. The van der Waals surface area contributed by atoms with Crippen molar-refractivity contribution in [2.45, 2.75) is 6.23 Å². The third kappa shape index (κ3) is 2.37. The number of amides is 1. The molecule has 0 radical (unpaired) electrons. The smallest absolute Gasteiger partial charge is 0.211 e. The summed E-state index contributed by atoms with van der Waals surface area (Å²) in [5.41, 5.74) is 0.133. The number of Topliss-reactive ketones (excluding diaryl/α,β-unsaturated/α-hetero) is 1. The van der Waals surface area contributed by atoms with Crippen LogP contribution in [0.2, 0.25) is 0 Å². The standard InChI is InChI=1S/C9H8FNO3/c10-7-3-1-6(2-4-7)8(13)9(14)11-5-12/h1-5,9,14H,(H,11,12). The van der Waals surface area contributed by atoms with Gasteiger partial charge in [-0.3, -0.25) is 9.59 Å². The summed E-state index contributed by atoms with van der Waals surface area (Å²) in [7, 11) is 0. The van der Waals surface area contributed by atoms with Crippen LogP contribution in [0.5, 0.6) is 0 Å². The normalized spacial score (nSPS) is 11.9. The molecule has 1 amide bonds. The van der Waals surface area contributed by atoms with Crippen molar-refractivity contribution >= 4 is 12.2 Å². The maximum absolute atomic E-state index is 12.5. The van der Waals surface area contributed by atoms with Crippen molar-refractivity contribution in [3.8, 4) is 0 Å². The Kier molecular flexibility index (Phi) is 3.30. The number of hydrogen-bond acceptors (Lipinski definition) is 3. The molecule has 0 saturated heterocycles. The van der Waals surface area contributed by atoms with Crippen LogP contribution in [-0.2, 0) is 4.79 Å². The first kappa shape index (κ1) is 10.3. The average molecular weight is 197 g/mol. The minimum atomic E-state index is -1.59. The molecular weight excluding hydrogens is 189 g/mol. The van der Waals surface area contributed by atoms with Gasteiger partial charge >= 0.3 is 0 Å². The minimum absolute atomic E-state index is 0.133. The van der Waals surface area contributed by atoms with Gasteiger partial charge in [0.05, 0.1) is 0 Å². The molecule has 0 heterocycles. The van der Waals surface area contributed by atoms with Gasteiger partial charge < -0.3 is 10.4 Å². The van der Waals surface area contributed by atoms with Crippen LogP contribution >= 0.6 is 0 Å². The first-order valence-electron chi connectivity index (χ1n) is 3.82. The quantitative estimate of drug-likeness (QED) is 0.408. The number of benzene rings is 1. The van der Waals surface area contributed by atoms with Crippen LogP contribution in [0, 0.1) is 5.82 Å². The Morgan fingerprint density at radius 3 is 2.50 bits per heavy atom. The lowest BCUT2D eigenvalue weighted by Crippen LogP contribution is -2.35. The van der Waals surface area contributed by atoms with Gasteiger partial charge in [-0.2, -0.15) is 0 Å². The molecule has 1 unspecified atom stereocenters. The second-order valence-electron chi connectivity index (χ2n) is 2.56. The van der Waals surface area contributed by atoms with Crippen LogP contribution in [0.1, 0.15) is 10.4 Å². The molecule has 0 fully saturated rings. The zero-order chi connectivity index (χ0) is 10.6. The lowest BCUT2D eigenvalue weighted by molar-refractivity contribution is -0.111. The third-order valence-corrected chi connectivity index (χ3v) is 1.60. The predicted molar refractivity (Wildman–Crippen MR) is 45.9 cm³/mol. The van der Waals surface area contributed by atoms with E-state index in [2.05, 4.69) is 0 Å². The lowest BCUT2D eigenvalue weighted by atomic mass is 10.1. The Morgan fingerprint density at radius 1 is 1.43 bits per heavy atom.